The maximum atomic E-state index is 5.55. The Morgan fingerprint density at radius 1 is 1.40 bits per heavy atom. The van der Waals surface area contributed by atoms with E-state index in [1.54, 1.807) is 0 Å². The quantitative estimate of drug-likeness (QED) is 0.785. The lowest BCUT2D eigenvalue weighted by Crippen LogP contribution is -2.32. The molecule has 0 saturated heterocycles. The molecule has 0 fully saturated rings. The number of hydrogen-bond donors (Lipinski definition) is 1. The lowest BCUT2D eigenvalue weighted by atomic mass is 10.2. The SMILES string of the molecule is CCOCC(C)NC(C)c1ccc(C)o1. The van der Waals surface area contributed by atoms with Crippen LogP contribution in [-0.4, -0.2) is 19.3 Å². The molecule has 0 aliphatic carbocycles. The summed E-state index contributed by atoms with van der Waals surface area (Å²) >= 11 is 0. The Morgan fingerprint density at radius 3 is 2.67 bits per heavy atom. The van der Waals surface area contributed by atoms with E-state index in [9.17, 15) is 0 Å². The fraction of sp³-hybridized carbons (Fsp3) is 0.667. The Labute approximate surface area is 91.8 Å². The van der Waals surface area contributed by atoms with Crippen molar-refractivity contribution < 1.29 is 9.15 Å². The zero-order valence-electron chi connectivity index (χ0n) is 10.0. The highest BCUT2D eigenvalue weighted by Crippen LogP contribution is 2.15. The molecule has 0 radical (unpaired) electrons. The monoisotopic (exact) mass is 211 g/mol. The zero-order valence-corrected chi connectivity index (χ0v) is 10.0. The Balaban J connectivity index is 2.38. The number of ether oxygens (including phenoxy) is 1. The molecular formula is C12H21NO2. The Bertz CT molecular complexity index is 283. The van der Waals surface area contributed by atoms with Gasteiger partial charge in [-0.15, -0.1) is 0 Å². The number of furan rings is 1. The van der Waals surface area contributed by atoms with Crippen molar-refractivity contribution in [3.05, 3.63) is 23.7 Å². The molecule has 0 spiro atoms. The van der Waals surface area contributed by atoms with Gasteiger partial charge in [-0.3, -0.25) is 0 Å². The van der Waals surface area contributed by atoms with Crippen molar-refractivity contribution in [2.24, 2.45) is 0 Å². The summed E-state index contributed by atoms with van der Waals surface area (Å²) in [4.78, 5) is 0. The maximum absolute atomic E-state index is 5.55. The van der Waals surface area contributed by atoms with E-state index < -0.39 is 0 Å². The van der Waals surface area contributed by atoms with Gasteiger partial charge in [-0.2, -0.15) is 0 Å². The van der Waals surface area contributed by atoms with Crippen molar-refractivity contribution >= 4 is 0 Å². The summed E-state index contributed by atoms with van der Waals surface area (Å²) in [6, 6.07) is 4.57. The molecule has 0 aliphatic heterocycles. The van der Waals surface area contributed by atoms with Crippen molar-refractivity contribution in [3.8, 4) is 0 Å². The summed E-state index contributed by atoms with van der Waals surface area (Å²) in [6.07, 6.45) is 0. The van der Waals surface area contributed by atoms with Gasteiger partial charge in [0.25, 0.3) is 0 Å². The van der Waals surface area contributed by atoms with Crippen LogP contribution in [-0.2, 0) is 4.74 Å². The fourth-order valence-corrected chi connectivity index (χ4v) is 1.54. The van der Waals surface area contributed by atoms with E-state index in [4.69, 9.17) is 9.15 Å². The predicted octanol–water partition coefficient (Wildman–Crippen LogP) is 2.66. The minimum absolute atomic E-state index is 0.231. The van der Waals surface area contributed by atoms with E-state index in [0.717, 1.165) is 24.7 Å². The minimum atomic E-state index is 0.231. The first kappa shape index (κ1) is 12.3. The number of hydrogen-bond acceptors (Lipinski definition) is 3. The molecule has 0 saturated carbocycles. The Kier molecular flexibility index (Phi) is 4.85. The first-order valence-electron chi connectivity index (χ1n) is 5.53. The molecule has 2 atom stereocenters. The second-order valence-corrected chi connectivity index (χ2v) is 3.90. The lowest BCUT2D eigenvalue weighted by molar-refractivity contribution is 0.123. The van der Waals surface area contributed by atoms with Gasteiger partial charge in [-0.05, 0) is 39.8 Å². The minimum Gasteiger partial charge on any atom is -0.465 e. The van der Waals surface area contributed by atoms with Crippen LogP contribution < -0.4 is 5.32 Å². The van der Waals surface area contributed by atoms with Crippen molar-refractivity contribution in [1.82, 2.24) is 5.32 Å². The van der Waals surface area contributed by atoms with Gasteiger partial charge >= 0.3 is 0 Å². The van der Waals surface area contributed by atoms with Gasteiger partial charge in [0.2, 0.25) is 0 Å². The van der Waals surface area contributed by atoms with Gasteiger partial charge in [-0.1, -0.05) is 0 Å². The number of aryl methyl sites for hydroxylation is 1. The number of rotatable bonds is 6. The highest BCUT2D eigenvalue weighted by molar-refractivity contribution is 5.08. The molecule has 1 aromatic heterocycles. The van der Waals surface area contributed by atoms with E-state index in [1.165, 1.54) is 0 Å². The summed E-state index contributed by atoms with van der Waals surface area (Å²) in [5, 5.41) is 3.43. The van der Waals surface area contributed by atoms with Crippen LogP contribution in [0.15, 0.2) is 16.5 Å². The van der Waals surface area contributed by atoms with Crippen LogP contribution in [0.5, 0.6) is 0 Å². The van der Waals surface area contributed by atoms with Crippen LogP contribution >= 0.6 is 0 Å². The van der Waals surface area contributed by atoms with Crippen LogP contribution in [0.3, 0.4) is 0 Å². The van der Waals surface area contributed by atoms with Gasteiger partial charge in [-0.25, -0.2) is 0 Å². The van der Waals surface area contributed by atoms with Crippen LogP contribution in [0.2, 0.25) is 0 Å². The van der Waals surface area contributed by atoms with E-state index in [2.05, 4.69) is 19.2 Å². The van der Waals surface area contributed by atoms with Crippen LogP contribution in [0.4, 0.5) is 0 Å². The van der Waals surface area contributed by atoms with Gasteiger partial charge < -0.3 is 14.5 Å². The summed E-state index contributed by atoms with van der Waals surface area (Å²) < 4.78 is 10.9. The van der Waals surface area contributed by atoms with Crippen molar-refractivity contribution in [2.75, 3.05) is 13.2 Å². The summed E-state index contributed by atoms with van der Waals surface area (Å²) in [5.74, 6) is 1.94. The molecular weight excluding hydrogens is 190 g/mol. The molecule has 0 bridgehead atoms. The molecule has 0 amide bonds. The predicted molar refractivity (Wildman–Crippen MR) is 61.0 cm³/mol. The van der Waals surface area contributed by atoms with E-state index in [-0.39, 0.29) is 6.04 Å². The molecule has 2 unspecified atom stereocenters. The average molecular weight is 211 g/mol. The molecule has 15 heavy (non-hydrogen) atoms. The van der Waals surface area contributed by atoms with Crippen LogP contribution in [0, 0.1) is 6.92 Å². The summed E-state index contributed by atoms with van der Waals surface area (Å²) in [5.41, 5.74) is 0. The first-order chi connectivity index (χ1) is 7.13. The van der Waals surface area contributed by atoms with Crippen LogP contribution in [0.1, 0.15) is 38.3 Å². The first-order valence-corrected chi connectivity index (χ1v) is 5.53. The van der Waals surface area contributed by atoms with E-state index in [0.29, 0.717) is 6.04 Å². The van der Waals surface area contributed by atoms with Gasteiger partial charge in [0.1, 0.15) is 11.5 Å². The smallest absolute Gasteiger partial charge is 0.120 e. The highest BCUT2D eigenvalue weighted by Gasteiger charge is 2.12. The molecule has 0 aliphatic rings. The molecule has 3 nitrogen and oxygen atoms in total. The topological polar surface area (TPSA) is 34.4 Å². The van der Waals surface area contributed by atoms with Crippen molar-refractivity contribution in [1.29, 1.82) is 0 Å². The van der Waals surface area contributed by atoms with Crippen molar-refractivity contribution in [3.63, 3.8) is 0 Å². The molecule has 3 heteroatoms. The van der Waals surface area contributed by atoms with Crippen LogP contribution in [0.25, 0.3) is 0 Å². The van der Waals surface area contributed by atoms with Gasteiger partial charge in [0.15, 0.2) is 0 Å². The van der Waals surface area contributed by atoms with E-state index in [1.807, 2.05) is 26.0 Å². The number of nitrogens with one attached hydrogen (secondary N) is 1. The van der Waals surface area contributed by atoms with Gasteiger partial charge in [0.05, 0.1) is 12.6 Å². The van der Waals surface area contributed by atoms with E-state index >= 15 is 0 Å². The zero-order chi connectivity index (χ0) is 11.3. The fourth-order valence-electron chi connectivity index (χ4n) is 1.54. The molecule has 0 aromatic carbocycles. The Morgan fingerprint density at radius 2 is 2.13 bits per heavy atom. The maximum Gasteiger partial charge on any atom is 0.120 e. The molecule has 1 N–H and O–H groups in total. The average Bonchev–Trinajstić information content (AvgIpc) is 2.61. The third kappa shape index (κ3) is 4.06. The molecule has 1 rings (SSSR count). The molecule has 1 aromatic rings. The Hall–Kier alpha value is -0.800. The third-order valence-electron chi connectivity index (χ3n) is 2.29. The lowest BCUT2D eigenvalue weighted by Gasteiger charge is -2.18. The largest absolute Gasteiger partial charge is 0.465 e. The summed E-state index contributed by atoms with van der Waals surface area (Å²) in [6.45, 7) is 9.68. The molecule has 1 heterocycles. The normalized spacial score (nSPS) is 15.2. The highest BCUT2D eigenvalue weighted by atomic mass is 16.5. The molecule has 86 valence electrons. The van der Waals surface area contributed by atoms with Gasteiger partial charge in [0, 0.05) is 12.6 Å². The third-order valence-corrected chi connectivity index (χ3v) is 2.29. The second-order valence-electron chi connectivity index (χ2n) is 3.90. The van der Waals surface area contributed by atoms with Crippen molar-refractivity contribution in [2.45, 2.75) is 39.8 Å². The standard InChI is InChI=1S/C12H21NO2/c1-5-14-8-9(2)13-11(4)12-7-6-10(3)15-12/h6-7,9,11,13H,5,8H2,1-4H3. The summed E-state index contributed by atoms with van der Waals surface area (Å²) in [7, 11) is 0. The second kappa shape index (κ2) is 5.93.